The quantitative estimate of drug-likeness (QED) is 0.426. The molecule has 2 N–H and O–H groups in total. The number of nitrogens with one attached hydrogen (secondary N) is 2. The highest BCUT2D eigenvalue weighted by Gasteiger charge is 2.41. The summed E-state index contributed by atoms with van der Waals surface area (Å²) < 4.78 is 0. The molecule has 1 aromatic carbocycles. The number of carbonyl (C=O) groups is 2. The molecule has 0 unspecified atom stereocenters. The predicted octanol–water partition coefficient (Wildman–Crippen LogP) is 5.48. The monoisotopic (exact) mass is 581 g/mol. The summed E-state index contributed by atoms with van der Waals surface area (Å²) in [6.45, 7) is 12.8. The number of hydrogen-bond donors (Lipinski definition) is 2. The normalized spacial score (nSPS) is 19.8. The van der Waals surface area contributed by atoms with E-state index in [0.29, 0.717) is 47.0 Å². The first-order valence-electron chi connectivity index (χ1n) is 14.9. The van der Waals surface area contributed by atoms with Gasteiger partial charge in [0.1, 0.15) is 5.69 Å². The molecule has 1 aliphatic carbocycles. The third-order valence-electron chi connectivity index (χ3n) is 8.65. The maximum Gasteiger partial charge on any atom is 0.251 e. The fourth-order valence-corrected chi connectivity index (χ4v) is 6.65. The molecule has 2 amide bonds. The lowest BCUT2D eigenvalue weighted by atomic mass is 9.91. The van der Waals surface area contributed by atoms with Gasteiger partial charge in [0.2, 0.25) is 11.9 Å². The van der Waals surface area contributed by atoms with Crippen molar-refractivity contribution in [1.82, 2.24) is 20.2 Å². The molecule has 2 aromatic rings. The molecule has 1 saturated heterocycles. The lowest BCUT2D eigenvalue weighted by molar-refractivity contribution is -0.125. The van der Waals surface area contributed by atoms with Gasteiger partial charge in [-0.15, -0.1) is 0 Å². The maximum atomic E-state index is 13.3. The van der Waals surface area contributed by atoms with E-state index in [2.05, 4.69) is 39.3 Å². The summed E-state index contributed by atoms with van der Waals surface area (Å²) in [6, 6.07) is 5.57. The molecule has 41 heavy (non-hydrogen) atoms. The Balaban J connectivity index is 1.30. The van der Waals surface area contributed by atoms with E-state index >= 15 is 0 Å². The molecule has 3 aliphatic rings. The Morgan fingerprint density at radius 1 is 1.15 bits per heavy atom. The topological polar surface area (TPSA) is 93.7 Å². The predicted molar refractivity (Wildman–Crippen MR) is 165 cm³/mol. The Labute approximate surface area is 249 Å². The molecule has 3 heterocycles. The molecule has 1 aromatic heterocycles. The van der Waals surface area contributed by atoms with Gasteiger partial charge in [0, 0.05) is 38.3 Å². The molecule has 5 rings (SSSR count). The van der Waals surface area contributed by atoms with Crippen LogP contribution in [0.4, 0.5) is 23.1 Å². The zero-order valence-corrected chi connectivity index (χ0v) is 25.9. The third-order valence-corrected chi connectivity index (χ3v) is 8.97. The van der Waals surface area contributed by atoms with E-state index in [4.69, 9.17) is 16.6 Å². The lowest BCUT2D eigenvalue weighted by Gasteiger charge is -2.34. The van der Waals surface area contributed by atoms with Crippen molar-refractivity contribution in [2.45, 2.75) is 72.3 Å². The Bertz CT molecular complexity index is 1290. The minimum Gasteiger partial charge on any atom is -0.351 e. The fourth-order valence-electron chi connectivity index (χ4n) is 6.43. The van der Waals surface area contributed by atoms with Crippen molar-refractivity contribution in [2.24, 2.45) is 10.8 Å². The molecule has 222 valence electrons. The molecule has 9 nitrogen and oxygen atoms in total. The zero-order valence-electron chi connectivity index (χ0n) is 25.1. The summed E-state index contributed by atoms with van der Waals surface area (Å²) >= 11 is 6.64. The van der Waals surface area contributed by atoms with Crippen molar-refractivity contribution in [2.75, 3.05) is 54.9 Å². The molecule has 0 radical (unpaired) electrons. The number of likely N-dealkylation sites (tertiary alicyclic amines) is 1. The van der Waals surface area contributed by atoms with E-state index < -0.39 is 5.41 Å². The van der Waals surface area contributed by atoms with Crippen LogP contribution < -0.4 is 20.4 Å². The van der Waals surface area contributed by atoms with E-state index in [0.717, 1.165) is 38.3 Å². The smallest absolute Gasteiger partial charge is 0.251 e. The van der Waals surface area contributed by atoms with Gasteiger partial charge in [-0.25, -0.2) is 4.98 Å². The lowest BCUT2D eigenvalue weighted by Crippen LogP contribution is -2.45. The van der Waals surface area contributed by atoms with Gasteiger partial charge < -0.3 is 25.3 Å². The number of fused-ring (bicyclic) bond motifs is 1. The average molecular weight is 582 g/mol. The first-order chi connectivity index (χ1) is 19.4. The summed E-state index contributed by atoms with van der Waals surface area (Å²) in [5.74, 6) is 1.08. The first kappa shape index (κ1) is 29.6. The number of aromatic nitrogens is 2. The summed E-state index contributed by atoms with van der Waals surface area (Å²) in [4.78, 5) is 42.1. The van der Waals surface area contributed by atoms with Crippen molar-refractivity contribution in [3.63, 3.8) is 0 Å². The Kier molecular flexibility index (Phi) is 8.48. The van der Waals surface area contributed by atoms with Crippen LogP contribution in [0.25, 0.3) is 0 Å². The summed E-state index contributed by atoms with van der Waals surface area (Å²) in [7, 11) is 1.80. The number of anilines is 4. The van der Waals surface area contributed by atoms with Crippen molar-refractivity contribution in [3.8, 4) is 0 Å². The molecule has 0 spiro atoms. The van der Waals surface area contributed by atoms with Crippen LogP contribution in [0.5, 0.6) is 0 Å². The Morgan fingerprint density at radius 2 is 1.85 bits per heavy atom. The van der Waals surface area contributed by atoms with Gasteiger partial charge in [0.15, 0.2) is 5.82 Å². The zero-order chi connectivity index (χ0) is 29.4. The third kappa shape index (κ3) is 6.61. The number of carbonyl (C=O) groups excluding carboxylic acids is 2. The number of rotatable bonds is 8. The largest absolute Gasteiger partial charge is 0.351 e. The highest BCUT2D eigenvalue weighted by Crippen LogP contribution is 2.40. The minimum atomic E-state index is -0.547. The van der Waals surface area contributed by atoms with Crippen molar-refractivity contribution >= 4 is 46.6 Å². The van der Waals surface area contributed by atoms with Crippen LogP contribution >= 0.6 is 11.6 Å². The second-order valence-electron chi connectivity index (χ2n) is 13.4. The minimum absolute atomic E-state index is 0.0196. The van der Waals surface area contributed by atoms with Crippen LogP contribution in [-0.4, -0.2) is 72.5 Å². The van der Waals surface area contributed by atoms with Gasteiger partial charge in [0.25, 0.3) is 5.91 Å². The first-order valence-corrected chi connectivity index (χ1v) is 15.3. The number of benzene rings is 1. The van der Waals surface area contributed by atoms with Crippen molar-refractivity contribution in [3.05, 3.63) is 35.0 Å². The summed E-state index contributed by atoms with van der Waals surface area (Å²) in [5, 5.41) is 6.74. The second kappa shape index (κ2) is 11.8. The van der Waals surface area contributed by atoms with Gasteiger partial charge in [-0.3, -0.25) is 9.59 Å². The van der Waals surface area contributed by atoms with E-state index in [1.807, 2.05) is 13.8 Å². The van der Waals surface area contributed by atoms with Gasteiger partial charge >= 0.3 is 0 Å². The van der Waals surface area contributed by atoms with Crippen LogP contribution in [0.15, 0.2) is 24.4 Å². The Hall–Kier alpha value is -2.91. The van der Waals surface area contributed by atoms with E-state index in [1.165, 1.54) is 25.7 Å². The van der Waals surface area contributed by atoms with Gasteiger partial charge in [-0.2, -0.15) is 4.98 Å². The van der Waals surface area contributed by atoms with Gasteiger partial charge in [0.05, 0.1) is 22.3 Å². The van der Waals surface area contributed by atoms with E-state index in [1.54, 1.807) is 36.3 Å². The van der Waals surface area contributed by atoms with Crippen molar-refractivity contribution in [1.29, 1.82) is 0 Å². The number of halogens is 1. The molecule has 2 aliphatic heterocycles. The number of amides is 2. The molecule has 0 atom stereocenters. The van der Waals surface area contributed by atoms with Crippen LogP contribution in [0.2, 0.25) is 5.02 Å². The molecule has 0 bridgehead atoms. The molecule has 10 heteroatoms. The second-order valence-corrected chi connectivity index (χ2v) is 13.8. The molecular formula is C31H44ClN7O2. The summed E-state index contributed by atoms with van der Waals surface area (Å²) in [5.41, 5.74) is 1.27. The maximum absolute atomic E-state index is 13.3. The average Bonchev–Trinajstić information content (AvgIpc) is 3.64. The highest BCUT2D eigenvalue weighted by atomic mass is 35.5. The molecular weight excluding hydrogens is 538 g/mol. The van der Waals surface area contributed by atoms with E-state index in [-0.39, 0.29) is 17.2 Å². The number of hydrogen-bond acceptors (Lipinski definition) is 7. The SMILES string of the molecule is CN1C(=O)C(C)(C)CN(C2CCCC2)c2nc(Nc3ccc(C(=O)NCC(C)(C)CN4CCCC4)cc3Cl)ncc21. The van der Waals surface area contributed by atoms with Crippen molar-refractivity contribution < 1.29 is 9.59 Å². The fraction of sp³-hybridized carbons (Fsp3) is 0.613. The number of nitrogens with zero attached hydrogens (tertiary/aromatic N) is 5. The van der Waals surface area contributed by atoms with Crippen LogP contribution in [-0.2, 0) is 4.79 Å². The van der Waals surface area contributed by atoms with Gasteiger partial charge in [-0.1, -0.05) is 38.3 Å². The van der Waals surface area contributed by atoms with E-state index in [9.17, 15) is 9.59 Å². The van der Waals surface area contributed by atoms with Crippen LogP contribution in [0.1, 0.15) is 76.6 Å². The van der Waals surface area contributed by atoms with Crippen LogP contribution in [0, 0.1) is 10.8 Å². The molecule has 2 fully saturated rings. The van der Waals surface area contributed by atoms with Crippen LogP contribution in [0.3, 0.4) is 0 Å². The van der Waals surface area contributed by atoms with Gasteiger partial charge in [-0.05, 0) is 76.2 Å². The molecule has 1 saturated carbocycles. The standard InChI is InChI=1S/C31H44ClN7O2/c1-30(2,19-38-14-8-9-15-38)18-34-27(40)21-12-13-24(23(32)16-21)35-29-33-17-25-26(36-29)39(22-10-6-7-11-22)20-31(3,4)28(41)37(25)5/h12-13,16-17,22H,6-11,14-15,18-20H2,1-5H3,(H,34,40)(H,33,35,36). The Morgan fingerprint density at radius 3 is 2.54 bits per heavy atom. The highest BCUT2D eigenvalue weighted by molar-refractivity contribution is 6.33. The summed E-state index contributed by atoms with van der Waals surface area (Å²) in [6.07, 6.45) is 8.77.